The molecule has 0 spiro atoms. The summed E-state index contributed by atoms with van der Waals surface area (Å²) < 4.78 is 10.7. The number of ether oxygens (including phenoxy) is 2. The van der Waals surface area contributed by atoms with Crippen LogP contribution in [0.3, 0.4) is 0 Å². The van der Waals surface area contributed by atoms with Crippen molar-refractivity contribution < 1.29 is 14.3 Å². The number of amides is 1. The Labute approximate surface area is 156 Å². The van der Waals surface area contributed by atoms with Gasteiger partial charge in [-0.2, -0.15) is 4.98 Å². The van der Waals surface area contributed by atoms with Crippen LogP contribution in [0.15, 0.2) is 37.1 Å². The van der Waals surface area contributed by atoms with Gasteiger partial charge in [-0.05, 0) is 29.8 Å². The molecule has 2 aromatic rings. The number of morpholine rings is 1. The predicted molar refractivity (Wildman–Crippen MR) is 98.9 cm³/mol. The minimum Gasteiger partial charge on any atom is -0.479 e. The van der Waals surface area contributed by atoms with Crippen molar-refractivity contribution in [3.8, 4) is 17.3 Å². The van der Waals surface area contributed by atoms with Crippen molar-refractivity contribution in [2.24, 2.45) is 0 Å². The first-order valence-corrected chi connectivity index (χ1v) is 8.39. The van der Waals surface area contributed by atoms with Gasteiger partial charge in [0.2, 0.25) is 11.8 Å². The van der Waals surface area contributed by atoms with Crippen molar-refractivity contribution in [2.75, 3.05) is 32.6 Å². The Kier molecular flexibility index (Phi) is 5.39. The standard InChI is InChI=1S/C18H19ClN4O3/c1-3-16(24)23-4-5-26-10-15(23)11-6-12(8-13(19)7-11)17-21-9-14(20)18(22-17)25-2/h3,6-9,15H,1,4-5,10,20H2,2H3/t15-/m0/s1. The van der Waals surface area contributed by atoms with Crippen molar-refractivity contribution in [2.45, 2.75) is 6.04 Å². The van der Waals surface area contributed by atoms with Gasteiger partial charge in [-0.25, -0.2) is 4.98 Å². The maximum absolute atomic E-state index is 12.2. The van der Waals surface area contributed by atoms with E-state index in [1.165, 1.54) is 19.4 Å². The van der Waals surface area contributed by atoms with Gasteiger partial charge in [-0.15, -0.1) is 0 Å². The van der Waals surface area contributed by atoms with E-state index in [0.717, 1.165) is 5.56 Å². The van der Waals surface area contributed by atoms with E-state index in [1.807, 2.05) is 12.1 Å². The van der Waals surface area contributed by atoms with Crippen LogP contribution in [0.5, 0.6) is 5.88 Å². The van der Waals surface area contributed by atoms with Gasteiger partial charge in [0.1, 0.15) is 5.69 Å². The van der Waals surface area contributed by atoms with E-state index in [2.05, 4.69) is 16.5 Å². The molecule has 1 aromatic carbocycles. The van der Waals surface area contributed by atoms with E-state index >= 15 is 0 Å². The van der Waals surface area contributed by atoms with E-state index < -0.39 is 0 Å². The number of hydrogen-bond acceptors (Lipinski definition) is 6. The van der Waals surface area contributed by atoms with Gasteiger partial charge < -0.3 is 20.1 Å². The van der Waals surface area contributed by atoms with Crippen molar-refractivity contribution in [3.63, 3.8) is 0 Å². The van der Waals surface area contributed by atoms with Gasteiger partial charge in [0.25, 0.3) is 0 Å². The van der Waals surface area contributed by atoms with E-state index in [4.69, 9.17) is 26.8 Å². The third-order valence-corrected chi connectivity index (χ3v) is 4.34. The first-order chi connectivity index (χ1) is 12.5. The van der Waals surface area contributed by atoms with Crippen LogP contribution in [0.4, 0.5) is 5.69 Å². The summed E-state index contributed by atoms with van der Waals surface area (Å²) >= 11 is 6.31. The molecule has 1 aliphatic heterocycles. The predicted octanol–water partition coefficient (Wildman–Crippen LogP) is 2.47. The number of anilines is 1. The van der Waals surface area contributed by atoms with Gasteiger partial charge >= 0.3 is 0 Å². The summed E-state index contributed by atoms with van der Waals surface area (Å²) in [5, 5.41) is 0.508. The van der Waals surface area contributed by atoms with Gasteiger partial charge in [0, 0.05) is 17.1 Å². The van der Waals surface area contributed by atoms with Crippen LogP contribution in [0.25, 0.3) is 11.4 Å². The summed E-state index contributed by atoms with van der Waals surface area (Å²) in [6.07, 6.45) is 2.79. The van der Waals surface area contributed by atoms with E-state index in [1.54, 1.807) is 11.0 Å². The van der Waals surface area contributed by atoms with Gasteiger partial charge in [-0.3, -0.25) is 4.79 Å². The smallest absolute Gasteiger partial charge is 0.246 e. The number of nitrogens with zero attached hydrogens (tertiary/aromatic N) is 3. The van der Waals surface area contributed by atoms with Crippen LogP contribution in [0.2, 0.25) is 5.02 Å². The molecular weight excluding hydrogens is 356 g/mol. The van der Waals surface area contributed by atoms with Crippen molar-refractivity contribution in [1.82, 2.24) is 14.9 Å². The summed E-state index contributed by atoms with van der Waals surface area (Å²) in [6.45, 7) is 4.93. The number of rotatable bonds is 4. The molecule has 7 nitrogen and oxygen atoms in total. The fourth-order valence-electron chi connectivity index (χ4n) is 2.87. The zero-order valence-electron chi connectivity index (χ0n) is 14.3. The lowest BCUT2D eigenvalue weighted by molar-refractivity contribution is -0.134. The van der Waals surface area contributed by atoms with E-state index in [0.29, 0.717) is 47.7 Å². The second-order valence-electron chi connectivity index (χ2n) is 5.76. The second-order valence-corrected chi connectivity index (χ2v) is 6.19. The molecule has 1 aromatic heterocycles. The highest BCUT2D eigenvalue weighted by molar-refractivity contribution is 6.31. The Morgan fingerprint density at radius 3 is 3.04 bits per heavy atom. The Hall–Kier alpha value is -2.64. The maximum Gasteiger partial charge on any atom is 0.246 e. The molecule has 0 saturated carbocycles. The molecule has 2 heterocycles. The Morgan fingerprint density at radius 1 is 1.50 bits per heavy atom. The number of carbonyl (C=O) groups is 1. The Balaban J connectivity index is 2.02. The molecule has 3 rings (SSSR count). The highest BCUT2D eigenvalue weighted by Crippen LogP contribution is 2.31. The normalized spacial score (nSPS) is 17.0. The lowest BCUT2D eigenvalue weighted by Gasteiger charge is -2.35. The van der Waals surface area contributed by atoms with Gasteiger partial charge in [-0.1, -0.05) is 18.2 Å². The summed E-state index contributed by atoms with van der Waals surface area (Å²) in [7, 11) is 1.49. The van der Waals surface area contributed by atoms with Crippen molar-refractivity contribution in [1.29, 1.82) is 0 Å². The quantitative estimate of drug-likeness (QED) is 0.827. The molecule has 1 amide bonds. The molecule has 1 aliphatic rings. The lowest BCUT2D eigenvalue weighted by Crippen LogP contribution is -2.42. The van der Waals surface area contributed by atoms with E-state index in [-0.39, 0.29) is 11.9 Å². The van der Waals surface area contributed by atoms with E-state index in [9.17, 15) is 4.79 Å². The fraction of sp³-hybridized carbons (Fsp3) is 0.278. The molecule has 0 unspecified atom stereocenters. The zero-order valence-corrected chi connectivity index (χ0v) is 15.1. The number of methoxy groups -OCH3 is 1. The summed E-state index contributed by atoms with van der Waals surface area (Å²) in [4.78, 5) is 22.5. The van der Waals surface area contributed by atoms with Gasteiger partial charge in [0.05, 0.1) is 32.6 Å². The molecule has 2 N–H and O–H groups in total. The van der Waals surface area contributed by atoms with Crippen molar-refractivity contribution in [3.05, 3.63) is 47.6 Å². The SMILES string of the molecule is C=CC(=O)N1CCOC[C@H]1c1cc(Cl)cc(-c2ncc(N)c(OC)n2)c1. The third kappa shape index (κ3) is 3.63. The van der Waals surface area contributed by atoms with Crippen LogP contribution < -0.4 is 10.5 Å². The largest absolute Gasteiger partial charge is 0.479 e. The molecular formula is C18H19ClN4O3. The van der Waals surface area contributed by atoms with Crippen LogP contribution in [-0.4, -0.2) is 47.6 Å². The monoisotopic (exact) mass is 374 g/mol. The molecule has 26 heavy (non-hydrogen) atoms. The number of benzene rings is 1. The molecule has 8 heteroatoms. The third-order valence-electron chi connectivity index (χ3n) is 4.12. The minimum absolute atomic E-state index is 0.148. The number of hydrogen-bond donors (Lipinski definition) is 1. The topological polar surface area (TPSA) is 90.6 Å². The van der Waals surface area contributed by atoms with Crippen molar-refractivity contribution >= 4 is 23.2 Å². The van der Waals surface area contributed by atoms with Crippen LogP contribution in [0.1, 0.15) is 11.6 Å². The molecule has 1 atom stereocenters. The van der Waals surface area contributed by atoms with Gasteiger partial charge in [0.15, 0.2) is 5.82 Å². The highest BCUT2D eigenvalue weighted by atomic mass is 35.5. The van der Waals surface area contributed by atoms with Crippen LogP contribution in [-0.2, 0) is 9.53 Å². The molecule has 0 radical (unpaired) electrons. The number of carbonyl (C=O) groups excluding carboxylic acids is 1. The first kappa shape index (κ1) is 18.2. The number of aromatic nitrogens is 2. The molecule has 136 valence electrons. The first-order valence-electron chi connectivity index (χ1n) is 8.01. The average molecular weight is 375 g/mol. The number of nitrogens with two attached hydrogens (primary N) is 1. The molecule has 1 fully saturated rings. The molecule has 0 bridgehead atoms. The highest BCUT2D eigenvalue weighted by Gasteiger charge is 2.28. The number of halogens is 1. The Bertz CT molecular complexity index is 843. The number of nitrogen functional groups attached to an aromatic ring is 1. The summed E-state index contributed by atoms with van der Waals surface area (Å²) in [6, 6.07) is 5.18. The van der Waals surface area contributed by atoms with Crippen LogP contribution >= 0.6 is 11.6 Å². The lowest BCUT2D eigenvalue weighted by atomic mass is 10.0. The molecule has 1 saturated heterocycles. The molecule has 0 aliphatic carbocycles. The Morgan fingerprint density at radius 2 is 2.31 bits per heavy atom. The zero-order chi connectivity index (χ0) is 18.7. The average Bonchev–Trinajstić information content (AvgIpc) is 2.67. The fourth-order valence-corrected chi connectivity index (χ4v) is 3.12. The minimum atomic E-state index is -0.262. The second kappa shape index (κ2) is 7.72. The van der Waals surface area contributed by atoms with Crippen LogP contribution in [0, 0.1) is 0 Å². The maximum atomic E-state index is 12.2. The summed E-state index contributed by atoms with van der Waals surface area (Å²) in [5.41, 5.74) is 7.66. The summed E-state index contributed by atoms with van der Waals surface area (Å²) in [5.74, 6) is 0.573.